The van der Waals surface area contributed by atoms with E-state index in [0.29, 0.717) is 5.92 Å². The Balaban J connectivity index is 1.71. The fraction of sp³-hybridized carbons (Fsp3) is 0.769. The van der Waals surface area contributed by atoms with Gasteiger partial charge in [-0.2, -0.15) is 0 Å². The van der Waals surface area contributed by atoms with Crippen molar-refractivity contribution in [3.05, 3.63) is 17.7 Å². The standard InChI is InChI=1S/C13H20N2O2/c16-12-2-1-5-15-9-11(14-13(12)15)8-10-3-6-17-7-4-10/h9-10,12,16H,1-8H2. The second kappa shape index (κ2) is 4.78. The first-order chi connectivity index (χ1) is 8.33. The van der Waals surface area contributed by atoms with E-state index in [9.17, 15) is 5.11 Å². The zero-order valence-electron chi connectivity index (χ0n) is 10.1. The van der Waals surface area contributed by atoms with Gasteiger partial charge in [0.05, 0.1) is 5.69 Å². The topological polar surface area (TPSA) is 47.3 Å². The van der Waals surface area contributed by atoms with E-state index in [0.717, 1.165) is 63.4 Å². The third-order valence-electron chi connectivity index (χ3n) is 3.87. The Bertz CT molecular complexity index is 383. The molecule has 0 saturated carbocycles. The minimum Gasteiger partial charge on any atom is -0.385 e. The number of rotatable bonds is 2. The Hall–Kier alpha value is -0.870. The molecule has 4 heteroatoms. The predicted octanol–water partition coefficient (Wildman–Crippen LogP) is 1.68. The van der Waals surface area contributed by atoms with Crippen LogP contribution in [0.3, 0.4) is 0 Å². The van der Waals surface area contributed by atoms with Crippen LogP contribution in [-0.2, 0) is 17.7 Å². The van der Waals surface area contributed by atoms with Gasteiger partial charge in [-0.1, -0.05) is 0 Å². The summed E-state index contributed by atoms with van der Waals surface area (Å²) in [5.41, 5.74) is 1.15. The number of imidazole rings is 1. The van der Waals surface area contributed by atoms with Crippen LogP contribution in [0.25, 0.3) is 0 Å². The van der Waals surface area contributed by atoms with E-state index in [-0.39, 0.29) is 6.10 Å². The number of hydrogen-bond acceptors (Lipinski definition) is 3. The van der Waals surface area contributed by atoms with Crippen molar-refractivity contribution in [1.29, 1.82) is 0 Å². The fourth-order valence-corrected chi connectivity index (χ4v) is 2.86. The third kappa shape index (κ3) is 2.38. The van der Waals surface area contributed by atoms with E-state index in [1.54, 1.807) is 0 Å². The first-order valence-electron chi connectivity index (χ1n) is 6.64. The molecule has 0 aromatic carbocycles. The predicted molar refractivity (Wildman–Crippen MR) is 63.7 cm³/mol. The summed E-state index contributed by atoms with van der Waals surface area (Å²) in [4.78, 5) is 4.60. The van der Waals surface area contributed by atoms with E-state index in [1.807, 2.05) is 0 Å². The van der Waals surface area contributed by atoms with Crippen LogP contribution in [0.5, 0.6) is 0 Å². The Morgan fingerprint density at radius 3 is 2.94 bits per heavy atom. The van der Waals surface area contributed by atoms with Crippen molar-refractivity contribution in [1.82, 2.24) is 9.55 Å². The quantitative estimate of drug-likeness (QED) is 0.850. The molecule has 3 rings (SSSR count). The smallest absolute Gasteiger partial charge is 0.137 e. The second-order valence-electron chi connectivity index (χ2n) is 5.20. The molecule has 0 amide bonds. The van der Waals surface area contributed by atoms with Gasteiger partial charge in [0.1, 0.15) is 11.9 Å². The molecule has 2 aliphatic rings. The Kier molecular flexibility index (Phi) is 3.16. The molecule has 94 valence electrons. The van der Waals surface area contributed by atoms with Crippen molar-refractivity contribution in [2.24, 2.45) is 5.92 Å². The van der Waals surface area contributed by atoms with Crippen molar-refractivity contribution in [3.8, 4) is 0 Å². The van der Waals surface area contributed by atoms with Crippen molar-refractivity contribution in [3.63, 3.8) is 0 Å². The summed E-state index contributed by atoms with van der Waals surface area (Å²) in [7, 11) is 0. The van der Waals surface area contributed by atoms with Gasteiger partial charge in [0.25, 0.3) is 0 Å². The molecular formula is C13H20N2O2. The molecule has 1 unspecified atom stereocenters. The lowest BCUT2D eigenvalue weighted by atomic mass is 9.95. The zero-order chi connectivity index (χ0) is 11.7. The molecule has 1 atom stereocenters. The Morgan fingerprint density at radius 1 is 1.35 bits per heavy atom. The highest BCUT2D eigenvalue weighted by atomic mass is 16.5. The van der Waals surface area contributed by atoms with Gasteiger partial charge in [-0.05, 0) is 38.0 Å². The van der Waals surface area contributed by atoms with E-state index < -0.39 is 0 Å². The molecule has 2 aliphatic heterocycles. The van der Waals surface area contributed by atoms with Crippen LogP contribution in [0, 0.1) is 5.92 Å². The molecule has 0 radical (unpaired) electrons. The number of fused-ring (bicyclic) bond motifs is 1. The SMILES string of the molecule is OC1CCCn2cc(CC3CCOCC3)nc21. The summed E-state index contributed by atoms with van der Waals surface area (Å²) in [5, 5.41) is 9.88. The van der Waals surface area contributed by atoms with Gasteiger partial charge >= 0.3 is 0 Å². The van der Waals surface area contributed by atoms with Gasteiger partial charge in [0, 0.05) is 26.0 Å². The number of hydrogen-bond donors (Lipinski definition) is 1. The summed E-state index contributed by atoms with van der Waals surface area (Å²) < 4.78 is 7.50. The molecule has 0 aliphatic carbocycles. The molecule has 1 aromatic heterocycles. The lowest BCUT2D eigenvalue weighted by Gasteiger charge is -2.20. The highest BCUT2D eigenvalue weighted by molar-refractivity contribution is 5.09. The number of nitrogens with zero attached hydrogens (tertiary/aromatic N) is 2. The van der Waals surface area contributed by atoms with Crippen LogP contribution >= 0.6 is 0 Å². The van der Waals surface area contributed by atoms with Crippen molar-refractivity contribution < 1.29 is 9.84 Å². The molecule has 1 aromatic rings. The lowest BCUT2D eigenvalue weighted by molar-refractivity contribution is 0.0662. The second-order valence-corrected chi connectivity index (χ2v) is 5.20. The van der Waals surface area contributed by atoms with E-state index >= 15 is 0 Å². The zero-order valence-corrected chi connectivity index (χ0v) is 10.1. The van der Waals surface area contributed by atoms with E-state index in [2.05, 4.69) is 15.7 Å². The molecule has 3 heterocycles. The minimum atomic E-state index is -0.354. The number of aryl methyl sites for hydroxylation is 1. The molecule has 1 fully saturated rings. The molecule has 1 saturated heterocycles. The number of aromatic nitrogens is 2. The van der Waals surface area contributed by atoms with Crippen LogP contribution in [0.1, 0.15) is 43.3 Å². The summed E-state index contributed by atoms with van der Waals surface area (Å²) >= 11 is 0. The number of aliphatic hydroxyl groups is 1. The summed E-state index contributed by atoms with van der Waals surface area (Å²) in [6.07, 6.45) is 7.01. The number of aliphatic hydroxyl groups excluding tert-OH is 1. The lowest BCUT2D eigenvalue weighted by Crippen LogP contribution is -2.17. The van der Waals surface area contributed by atoms with Gasteiger partial charge in [-0.15, -0.1) is 0 Å². The van der Waals surface area contributed by atoms with Crippen molar-refractivity contribution >= 4 is 0 Å². The average molecular weight is 236 g/mol. The van der Waals surface area contributed by atoms with Crippen LogP contribution < -0.4 is 0 Å². The van der Waals surface area contributed by atoms with Crippen molar-refractivity contribution in [2.45, 2.75) is 44.8 Å². The summed E-state index contributed by atoms with van der Waals surface area (Å²) in [6, 6.07) is 0. The fourth-order valence-electron chi connectivity index (χ4n) is 2.86. The molecular weight excluding hydrogens is 216 g/mol. The first kappa shape index (κ1) is 11.2. The average Bonchev–Trinajstić information content (AvgIpc) is 2.74. The first-order valence-corrected chi connectivity index (χ1v) is 6.64. The maximum atomic E-state index is 9.88. The summed E-state index contributed by atoms with van der Waals surface area (Å²) in [5.74, 6) is 1.58. The molecule has 1 N–H and O–H groups in total. The van der Waals surface area contributed by atoms with Gasteiger partial charge in [0.15, 0.2) is 0 Å². The van der Waals surface area contributed by atoms with Gasteiger partial charge in [-0.25, -0.2) is 4.98 Å². The van der Waals surface area contributed by atoms with Gasteiger partial charge in [0.2, 0.25) is 0 Å². The molecule has 17 heavy (non-hydrogen) atoms. The largest absolute Gasteiger partial charge is 0.385 e. The minimum absolute atomic E-state index is 0.354. The van der Waals surface area contributed by atoms with Gasteiger partial charge < -0.3 is 14.4 Å². The maximum absolute atomic E-state index is 9.88. The highest BCUT2D eigenvalue weighted by Crippen LogP contribution is 2.26. The summed E-state index contributed by atoms with van der Waals surface area (Å²) in [6.45, 7) is 2.79. The third-order valence-corrected chi connectivity index (χ3v) is 3.87. The van der Waals surface area contributed by atoms with Crippen LogP contribution in [0.15, 0.2) is 6.20 Å². The van der Waals surface area contributed by atoms with Crippen LogP contribution in [0.4, 0.5) is 0 Å². The van der Waals surface area contributed by atoms with Crippen LogP contribution in [-0.4, -0.2) is 27.9 Å². The monoisotopic (exact) mass is 236 g/mol. The Morgan fingerprint density at radius 2 is 2.18 bits per heavy atom. The molecule has 0 spiro atoms. The van der Waals surface area contributed by atoms with Crippen molar-refractivity contribution in [2.75, 3.05) is 13.2 Å². The van der Waals surface area contributed by atoms with E-state index in [1.165, 1.54) is 0 Å². The highest BCUT2D eigenvalue weighted by Gasteiger charge is 2.22. The molecule has 4 nitrogen and oxygen atoms in total. The van der Waals surface area contributed by atoms with E-state index in [4.69, 9.17) is 4.74 Å². The van der Waals surface area contributed by atoms with Gasteiger partial charge in [-0.3, -0.25) is 0 Å². The normalized spacial score (nSPS) is 25.8. The maximum Gasteiger partial charge on any atom is 0.137 e. The Labute approximate surface area is 102 Å². The van der Waals surface area contributed by atoms with Crippen LogP contribution in [0.2, 0.25) is 0 Å². The number of ether oxygens (including phenoxy) is 1. The molecule has 0 bridgehead atoms.